The van der Waals surface area contributed by atoms with Crippen LogP contribution in [0.25, 0.3) is 10.9 Å². The van der Waals surface area contributed by atoms with Gasteiger partial charge in [-0.25, -0.2) is 0 Å². The van der Waals surface area contributed by atoms with Crippen LogP contribution in [0.4, 0.5) is 0 Å². The highest BCUT2D eigenvalue weighted by molar-refractivity contribution is 7.80. The van der Waals surface area contributed by atoms with Gasteiger partial charge >= 0.3 is 0 Å². The third-order valence-electron chi connectivity index (χ3n) is 4.69. The second-order valence-corrected chi connectivity index (χ2v) is 6.63. The van der Waals surface area contributed by atoms with E-state index in [0.29, 0.717) is 4.99 Å². The molecule has 3 rings (SSSR count). The Kier molecular flexibility index (Phi) is 3.91. The monoisotopic (exact) mass is 299 g/mol. The standard InChI is InChI=1S/C17H21N3S/c1-17(16(18)21)7-10-20(11-8-17)12-13-6-9-19-15-5-3-2-4-14(13)15/h2-6,9H,7-8,10-12H2,1H3,(H2,18,21). The highest BCUT2D eigenvalue weighted by Gasteiger charge is 2.32. The predicted octanol–water partition coefficient (Wildman–Crippen LogP) is 3.12. The van der Waals surface area contributed by atoms with E-state index in [9.17, 15) is 0 Å². The number of aromatic nitrogens is 1. The van der Waals surface area contributed by atoms with Gasteiger partial charge in [0.05, 0.1) is 10.5 Å². The predicted molar refractivity (Wildman–Crippen MR) is 91.1 cm³/mol. The second-order valence-electron chi connectivity index (χ2n) is 6.19. The van der Waals surface area contributed by atoms with E-state index in [1.54, 1.807) is 0 Å². The summed E-state index contributed by atoms with van der Waals surface area (Å²) >= 11 is 5.21. The topological polar surface area (TPSA) is 42.1 Å². The van der Waals surface area contributed by atoms with Crippen molar-refractivity contribution in [2.75, 3.05) is 13.1 Å². The van der Waals surface area contributed by atoms with Crippen LogP contribution in [0.2, 0.25) is 0 Å². The van der Waals surface area contributed by atoms with Crippen molar-refractivity contribution in [2.45, 2.75) is 26.3 Å². The lowest BCUT2D eigenvalue weighted by molar-refractivity contribution is 0.158. The molecular formula is C17H21N3S. The fourth-order valence-corrected chi connectivity index (χ4v) is 3.19. The molecule has 0 saturated carbocycles. The first-order chi connectivity index (χ1) is 10.1. The van der Waals surface area contributed by atoms with E-state index < -0.39 is 0 Å². The maximum atomic E-state index is 5.88. The molecule has 21 heavy (non-hydrogen) atoms. The van der Waals surface area contributed by atoms with Crippen LogP contribution < -0.4 is 5.73 Å². The Morgan fingerprint density at radius 1 is 1.29 bits per heavy atom. The fourth-order valence-electron chi connectivity index (χ4n) is 2.98. The Bertz CT molecular complexity index is 655. The molecule has 1 fully saturated rings. The number of nitrogens with two attached hydrogens (primary N) is 1. The van der Waals surface area contributed by atoms with Gasteiger partial charge in [-0.05, 0) is 43.6 Å². The largest absolute Gasteiger partial charge is 0.393 e. The number of nitrogens with zero attached hydrogens (tertiary/aromatic N) is 2. The van der Waals surface area contributed by atoms with Crippen LogP contribution in [0.3, 0.4) is 0 Å². The molecule has 2 N–H and O–H groups in total. The first-order valence-electron chi connectivity index (χ1n) is 7.43. The molecule has 0 amide bonds. The molecule has 1 aromatic heterocycles. The Morgan fingerprint density at radius 2 is 2.00 bits per heavy atom. The summed E-state index contributed by atoms with van der Waals surface area (Å²) in [5.74, 6) is 0. The summed E-state index contributed by atoms with van der Waals surface area (Å²) in [6.45, 7) is 5.25. The number of likely N-dealkylation sites (tertiary alicyclic amines) is 1. The molecule has 1 aliphatic rings. The summed E-state index contributed by atoms with van der Waals surface area (Å²) in [7, 11) is 0. The third kappa shape index (κ3) is 2.92. The molecule has 0 unspecified atom stereocenters. The molecule has 110 valence electrons. The van der Waals surface area contributed by atoms with Crippen molar-refractivity contribution in [2.24, 2.45) is 11.1 Å². The van der Waals surface area contributed by atoms with Crippen LogP contribution in [-0.2, 0) is 6.54 Å². The first-order valence-corrected chi connectivity index (χ1v) is 7.84. The Balaban J connectivity index is 1.74. The molecule has 0 spiro atoms. The molecule has 0 radical (unpaired) electrons. The number of para-hydroxylation sites is 1. The minimum atomic E-state index is 0.0339. The normalized spacial score (nSPS) is 18.7. The maximum absolute atomic E-state index is 5.88. The lowest BCUT2D eigenvalue weighted by Gasteiger charge is -2.38. The van der Waals surface area contributed by atoms with Gasteiger partial charge in [0.25, 0.3) is 0 Å². The molecular weight excluding hydrogens is 278 g/mol. The van der Waals surface area contributed by atoms with Crippen molar-refractivity contribution in [1.29, 1.82) is 0 Å². The summed E-state index contributed by atoms with van der Waals surface area (Å²) in [6.07, 6.45) is 4.00. The number of thiocarbonyl (C=S) groups is 1. The number of rotatable bonds is 3. The lowest BCUT2D eigenvalue weighted by Crippen LogP contribution is -2.44. The van der Waals surface area contributed by atoms with Crippen LogP contribution in [-0.4, -0.2) is 28.0 Å². The van der Waals surface area contributed by atoms with E-state index in [1.165, 1.54) is 10.9 Å². The van der Waals surface area contributed by atoms with Crippen molar-refractivity contribution < 1.29 is 0 Å². The SMILES string of the molecule is CC1(C(N)=S)CCN(Cc2ccnc3ccccc23)CC1. The Labute approximate surface area is 131 Å². The molecule has 1 aliphatic heterocycles. The molecule has 1 saturated heterocycles. The third-order valence-corrected chi connectivity index (χ3v) is 5.18. The number of hydrogen-bond acceptors (Lipinski definition) is 3. The van der Waals surface area contributed by atoms with E-state index in [4.69, 9.17) is 18.0 Å². The molecule has 3 nitrogen and oxygen atoms in total. The van der Waals surface area contributed by atoms with Crippen molar-refractivity contribution in [3.63, 3.8) is 0 Å². The van der Waals surface area contributed by atoms with Gasteiger partial charge in [0.15, 0.2) is 0 Å². The highest BCUT2D eigenvalue weighted by atomic mass is 32.1. The lowest BCUT2D eigenvalue weighted by atomic mass is 9.80. The molecule has 4 heteroatoms. The smallest absolute Gasteiger partial charge is 0.0788 e. The summed E-state index contributed by atoms with van der Waals surface area (Å²) in [5, 5.41) is 1.25. The van der Waals surface area contributed by atoms with Gasteiger partial charge in [-0.3, -0.25) is 9.88 Å². The van der Waals surface area contributed by atoms with Gasteiger partial charge in [-0.1, -0.05) is 37.3 Å². The number of benzene rings is 1. The molecule has 0 aliphatic carbocycles. The zero-order valence-electron chi connectivity index (χ0n) is 12.4. The second kappa shape index (κ2) is 5.70. The number of piperidine rings is 1. The summed E-state index contributed by atoms with van der Waals surface area (Å²) in [6, 6.07) is 10.5. The van der Waals surface area contributed by atoms with Crippen molar-refractivity contribution in [1.82, 2.24) is 9.88 Å². The van der Waals surface area contributed by atoms with Crippen LogP contribution >= 0.6 is 12.2 Å². The van der Waals surface area contributed by atoms with Crippen LogP contribution in [0.1, 0.15) is 25.3 Å². The van der Waals surface area contributed by atoms with Crippen LogP contribution in [0, 0.1) is 5.41 Å². The fraction of sp³-hybridized carbons (Fsp3) is 0.412. The van der Waals surface area contributed by atoms with E-state index in [1.807, 2.05) is 12.3 Å². The summed E-state index contributed by atoms with van der Waals surface area (Å²) < 4.78 is 0. The minimum absolute atomic E-state index is 0.0339. The van der Waals surface area contributed by atoms with Gasteiger partial charge < -0.3 is 5.73 Å². The van der Waals surface area contributed by atoms with Crippen molar-refractivity contribution in [3.8, 4) is 0 Å². The van der Waals surface area contributed by atoms with Crippen molar-refractivity contribution >= 4 is 28.1 Å². The van der Waals surface area contributed by atoms with E-state index in [0.717, 1.165) is 38.0 Å². The Morgan fingerprint density at radius 3 is 2.71 bits per heavy atom. The van der Waals surface area contributed by atoms with Gasteiger partial charge in [-0.2, -0.15) is 0 Å². The zero-order chi connectivity index (χ0) is 14.9. The molecule has 1 aromatic carbocycles. The maximum Gasteiger partial charge on any atom is 0.0788 e. The first kappa shape index (κ1) is 14.4. The van der Waals surface area contributed by atoms with Crippen LogP contribution in [0.15, 0.2) is 36.5 Å². The van der Waals surface area contributed by atoms with Crippen molar-refractivity contribution in [3.05, 3.63) is 42.1 Å². The quantitative estimate of drug-likeness (QED) is 0.884. The molecule has 0 bridgehead atoms. The minimum Gasteiger partial charge on any atom is -0.393 e. The number of hydrogen-bond donors (Lipinski definition) is 1. The van der Waals surface area contributed by atoms with Gasteiger partial charge in [0, 0.05) is 23.5 Å². The van der Waals surface area contributed by atoms with E-state index in [-0.39, 0.29) is 5.41 Å². The summed E-state index contributed by atoms with van der Waals surface area (Å²) in [4.78, 5) is 7.58. The zero-order valence-corrected chi connectivity index (χ0v) is 13.2. The molecule has 2 heterocycles. The van der Waals surface area contributed by atoms with Gasteiger partial charge in [0.1, 0.15) is 0 Å². The highest BCUT2D eigenvalue weighted by Crippen LogP contribution is 2.32. The van der Waals surface area contributed by atoms with E-state index in [2.05, 4.69) is 41.1 Å². The van der Waals surface area contributed by atoms with Gasteiger partial charge in [-0.15, -0.1) is 0 Å². The van der Waals surface area contributed by atoms with Gasteiger partial charge in [0.2, 0.25) is 0 Å². The summed E-state index contributed by atoms with van der Waals surface area (Å²) in [5.41, 5.74) is 8.33. The van der Waals surface area contributed by atoms with Crippen LogP contribution in [0.5, 0.6) is 0 Å². The Hall–Kier alpha value is -1.52. The number of pyridine rings is 1. The van der Waals surface area contributed by atoms with E-state index >= 15 is 0 Å². The number of fused-ring (bicyclic) bond motifs is 1. The average Bonchev–Trinajstić information content (AvgIpc) is 2.50. The molecule has 0 atom stereocenters. The molecule has 2 aromatic rings. The average molecular weight is 299 g/mol.